The van der Waals surface area contributed by atoms with Gasteiger partial charge in [-0.15, -0.1) is 0 Å². The third kappa shape index (κ3) is 1.52. The molecular weight excluding hydrogens is 248 g/mol. The van der Waals surface area contributed by atoms with Gasteiger partial charge in [0.1, 0.15) is 0 Å². The summed E-state index contributed by atoms with van der Waals surface area (Å²) in [6.07, 6.45) is 1.32. The fraction of sp³-hybridized carbons (Fsp3) is 0.333. The summed E-state index contributed by atoms with van der Waals surface area (Å²) in [4.78, 5) is 0. The monoisotopic (exact) mass is 266 g/mol. The van der Waals surface area contributed by atoms with E-state index in [0.29, 0.717) is 0 Å². The minimum Gasteiger partial charge on any atom is -0.339 e. The van der Waals surface area contributed by atoms with Crippen molar-refractivity contribution in [2.45, 2.75) is 38.3 Å². The maximum Gasteiger partial charge on any atom is 0.224 e. The van der Waals surface area contributed by atoms with Crippen LogP contribution in [0.5, 0.6) is 0 Å². The van der Waals surface area contributed by atoms with Crippen molar-refractivity contribution in [3.8, 4) is 11.1 Å². The molecule has 2 aromatic rings. The van der Waals surface area contributed by atoms with E-state index in [-0.39, 0.29) is 12.2 Å². The summed E-state index contributed by atoms with van der Waals surface area (Å²) < 4.78 is 12.7. The summed E-state index contributed by atoms with van der Waals surface area (Å²) in [5, 5.41) is 0. The van der Waals surface area contributed by atoms with Crippen LogP contribution >= 0.6 is 0 Å². The topological polar surface area (TPSA) is 18.5 Å². The van der Waals surface area contributed by atoms with E-state index in [1.54, 1.807) is 0 Å². The Morgan fingerprint density at radius 1 is 0.800 bits per heavy atom. The number of ether oxygens (including phenoxy) is 2. The lowest BCUT2D eigenvalue weighted by molar-refractivity contribution is -0.295. The van der Waals surface area contributed by atoms with E-state index in [2.05, 4.69) is 62.4 Å². The zero-order valence-corrected chi connectivity index (χ0v) is 11.8. The number of benzene rings is 2. The summed E-state index contributed by atoms with van der Waals surface area (Å²) in [6.45, 7) is 4.26. The molecule has 1 saturated heterocycles. The zero-order chi connectivity index (χ0) is 13.7. The van der Waals surface area contributed by atoms with Crippen LogP contribution in [0.3, 0.4) is 0 Å². The standard InChI is InChI=1S/C18H18O2/c1-12-11-13(2)20-18(19-12)16-9-5-3-7-14(16)15-8-4-6-10-17(15)18/h3-10,12-13H,11H2,1-2H3. The fourth-order valence-corrected chi connectivity index (χ4v) is 3.57. The van der Waals surface area contributed by atoms with Crippen molar-refractivity contribution in [1.82, 2.24) is 0 Å². The molecule has 2 aliphatic rings. The van der Waals surface area contributed by atoms with Gasteiger partial charge < -0.3 is 9.47 Å². The molecule has 1 aliphatic carbocycles. The largest absolute Gasteiger partial charge is 0.339 e. The van der Waals surface area contributed by atoms with Crippen LogP contribution in [0.2, 0.25) is 0 Å². The van der Waals surface area contributed by atoms with Crippen molar-refractivity contribution in [1.29, 1.82) is 0 Å². The van der Waals surface area contributed by atoms with Gasteiger partial charge in [-0.1, -0.05) is 48.5 Å². The molecule has 0 amide bonds. The minimum atomic E-state index is -0.718. The van der Waals surface area contributed by atoms with Crippen molar-refractivity contribution in [2.75, 3.05) is 0 Å². The van der Waals surface area contributed by atoms with Crippen molar-refractivity contribution in [3.05, 3.63) is 59.7 Å². The first-order chi connectivity index (χ1) is 9.71. The highest BCUT2D eigenvalue weighted by atomic mass is 16.7. The molecule has 102 valence electrons. The Labute approximate surface area is 119 Å². The molecular formula is C18H18O2. The highest BCUT2D eigenvalue weighted by molar-refractivity contribution is 5.79. The lowest BCUT2D eigenvalue weighted by Crippen LogP contribution is -2.44. The number of fused-ring (bicyclic) bond motifs is 5. The van der Waals surface area contributed by atoms with E-state index in [1.165, 1.54) is 11.1 Å². The van der Waals surface area contributed by atoms with Gasteiger partial charge in [0.2, 0.25) is 5.79 Å². The van der Waals surface area contributed by atoms with Crippen LogP contribution in [0, 0.1) is 0 Å². The third-order valence-electron chi connectivity index (χ3n) is 4.25. The van der Waals surface area contributed by atoms with Gasteiger partial charge in [-0.25, -0.2) is 0 Å². The van der Waals surface area contributed by atoms with E-state index in [9.17, 15) is 0 Å². The molecule has 1 aliphatic heterocycles. The van der Waals surface area contributed by atoms with E-state index < -0.39 is 5.79 Å². The summed E-state index contributed by atoms with van der Waals surface area (Å²) in [6, 6.07) is 16.8. The Morgan fingerprint density at radius 3 is 1.75 bits per heavy atom. The fourth-order valence-electron chi connectivity index (χ4n) is 3.57. The Hall–Kier alpha value is -1.64. The zero-order valence-electron chi connectivity index (χ0n) is 11.8. The van der Waals surface area contributed by atoms with Gasteiger partial charge in [0, 0.05) is 11.1 Å². The van der Waals surface area contributed by atoms with Crippen molar-refractivity contribution < 1.29 is 9.47 Å². The Balaban J connectivity index is 1.99. The smallest absolute Gasteiger partial charge is 0.224 e. The van der Waals surface area contributed by atoms with Crippen LogP contribution in [-0.4, -0.2) is 12.2 Å². The van der Waals surface area contributed by atoms with Crippen LogP contribution in [0.15, 0.2) is 48.5 Å². The predicted octanol–water partition coefficient (Wildman–Crippen LogP) is 4.08. The number of hydrogen-bond acceptors (Lipinski definition) is 2. The first-order valence-corrected chi connectivity index (χ1v) is 7.26. The molecule has 0 radical (unpaired) electrons. The SMILES string of the molecule is CC1CC(C)OC2(O1)c1ccccc1-c1ccccc12. The van der Waals surface area contributed by atoms with Crippen LogP contribution in [0.25, 0.3) is 11.1 Å². The second kappa shape index (κ2) is 4.18. The Bertz CT molecular complexity index is 604. The molecule has 20 heavy (non-hydrogen) atoms. The molecule has 2 aromatic carbocycles. The Morgan fingerprint density at radius 2 is 1.25 bits per heavy atom. The first-order valence-electron chi connectivity index (χ1n) is 7.26. The molecule has 2 atom stereocenters. The minimum absolute atomic E-state index is 0.193. The van der Waals surface area contributed by atoms with Gasteiger partial charge in [0.25, 0.3) is 0 Å². The van der Waals surface area contributed by atoms with Crippen LogP contribution in [0.4, 0.5) is 0 Å². The average Bonchev–Trinajstić information content (AvgIpc) is 2.70. The molecule has 1 heterocycles. The van der Waals surface area contributed by atoms with Crippen molar-refractivity contribution in [3.63, 3.8) is 0 Å². The van der Waals surface area contributed by atoms with Crippen LogP contribution in [-0.2, 0) is 15.3 Å². The van der Waals surface area contributed by atoms with E-state index >= 15 is 0 Å². The predicted molar refractivity (Wildman–Crippen MR) is 78.4 cm³/mol. The van der Waals surface area contributed by atoms with Crippen molar-refractivity contribution >= 4 is 0 Å². The highest BCUT2D eigenvalue weighted by Crippen LogP contribution is 2.52. The van der Waals surface area contributed by atoms with Gasteiger partial charge >= 0.3 is 0 Å². The first kappa shape index (κ1) is 12.1. The molecule has 0 N–H and O–H groups in total. The second-order valence-corrected chi connectivity index (χ2v) is 5.80. The molecule has 0 saturated carbocycles. The van der Waals surface area contributed by atoms with Gasteiger partial charge in [-0.3, -0.25) is 0 Å². The number of hydrogen-bond donors (Lipinski definition) is 0. The number of rotatable bonds is 0. The quantitative estimate of drug-likeness (QED) is 0.715. The van der Waals surface area contributed by atoms with Crippen LogP contribution in [0.1, 0.15) is 31.4 Å². The third-order valence-corrected chi connectivity index (χ3v) is 4.25. The molecule has 0 bridgehead atoms. The normalized spacial score (nSPS) is 26.3. The summed E-state index contributed by atoms with van der Waals surface area (Å²) in [5.74, 6) is -0.718. The molecule has 2 heteroatoms. The highest BCUT2D eigenvalue weighted by Gasteiger charge is 2.49. The maximum atomic E-state index is 6.34. The van der Waals surface area contributed by atoms with E-state index in [4.69, 9.17) is 9.47 Å². The van der Waals surface area contributed by atoms with Gasteiger partial charge in [-0.05, 0) is 31.4 Å². The lowest BCUT2D eigenvalue weighted by atomic mass is 10.00. The second-order valence-electron chi connectivity index (χ2n) is 5.80. The summed E-state index contributed by atoms with van der Waals surface area (Å²) in [7, 11) is 0. The van der Waals surface area contributed by atoms with Gasteiger partial charge in [0.15, 0.2) is 0 Å². The van der Waals surface area contributed by atoms with Gasteiger partial charge in [0.05, 0.1) is 12.2 Å². The van der Waals surface area contributed by atoms with Crippen LogP contribution < -0.4 is 0 Å². The lowest BCUT2D eigenvalue weighted by Gasteiger charge is -2.42. The molecule has 2 unspecified atom stereocenters. The molecule has 1 spiro atoms. The molecule has 1 fully saturated rings. The van der Waals surface area contributed by atoms with Gasteiger partial charge in [-0.2, -0.15) is 0 Å². The summed E-state index contributed by atoms with van der Waals surface area (Å²) in [5.41, 5.74) is 4.73. The molecule has 4 rings (SSSR count). The molecule has 2 nitrogen and oxygen atoms in total. The van der Waals surface area contributed by atoms with Crippen molar-refractivity contribution in [2.24, 2.45) is 0 Å². The Kier molecular flexibility index (Phi) is 2.53. The van der Waals surface area contributed by atoms with E-state index in [1.807, 2.05) is 0 Å². The summed E-state index contributed by atoms with van der Waals surface area (Å²) >= 11 is 0. The average molecular weight is 266 g/mol. The molecule has 0 aromatic heterocycles. The maximum absolute atomic E-state index is 6.34. The van der Waals surface area contributed by atoms with E-state index in [0.717, 1.165) is 17.5 Å².